The Bertz CT molecular complexity index is 1080. The van der Waals surface area contributed by atoms with Crippen LogP contribution in [0.15, 0.2) is 28.0 Å². The first-order valence-electron chi connectivity index (χ1n) is 7.84. The normalized spacial score (nSPS) is 12.0. The molecule has 0 amide bonds. The lowest BCUT2D eigenvalue weighted by atomic mass is 10.0. The lowest BCUT2D eigenvalue weighted by Crippen LogP contribution is -2.37. The number of halogens is 2. The molecule has 3 aromatic rings. The van der Waals surface area contributed by atoms with Crippen LogP contribution in [0.5, 0.6) is 0 Å². The summed E-state index contributed by atoms with van der Waals surface area (Å²) in [5, 5.41) is 6.50. The second kappa shape index (κ2) is 6.45. The number of aromatic nitrogens is 5. The molecule has 0 spiro atoms. The number of alkyl halides is 2. The van der Waals surface area contributed by atoms with E-state index in [4.69, 9.17) is 4.74 Å². The number of nitrogens with zero attached hydrogens (tertiary/aromatic N) is 4. The van der Waals surface area contributed by atoms with Gasteiger partial charge in [-0.25, -0.2) is 14.2 Å². The topological polar surface area (TPSA) is 94.3 Å². The molecular weight excluding hydrogens is 348 g/mol. The Balaban J connectivity index is 2.35. The van der Waals surface area contributed by atoms with E-state index < -0.39 is 29.0 Å². The van der Waals surface area contributed by atoms with Crippen molar-refractivity contribution in [3.63, 3.8) is 0 Å². The van der Waals surface area contributed by atoms with Gasteiger partial charge in [0.15, 0.2) is 5.65 Å². The molecule has 0 saturated carbocycles. The van der Waals surface area contributed by atoms with E-state index in [1.165, 1.54) is 38.0 Å². The molecule has 26 heavy (non-hydrogen) atoms. The molecule has 138 valence electrons. The van der Waals surface area contributed by atoms with E-state index in [9.17, 15) is 18.4 Å². The fraction of sp³-hybridized carbons (Fsp3) is 0.375. The molecule has 0 aliphatic rings. The van der Waals surface area contributed by atoms with Gasteiger partial charge in [0.25, 0.3) is 11.4 Å². The molecule has 0 aliphatic carbocycles. The summed E-state index contributed by atoms with van der Waals surface area (Å²) in [5.74, 6) is -3.10. The molecule has 0 unspecified atom stereocenters. The van der Waals surface area contributed by atoms with Crippen LogP contribution in [0.1, 0.15) is 24.7 Å². The van der Waals surface area contributed by atoms with Crippen molar-refractivity contribution >= 4 is 5.65 Å². The molecule has 0 saturated heterocycles. The Kier molecular flexibility index (Phi) is 4.45. The predicted octanol–water partition coefficient (Wildman–Crippen LogP) is 1.43. The second-order valence-corrected chi connectivity index (χ2v) is 5.76. The highest BCUT2D eigenvalue weighted by atomic mass is 19.3. The van der Waals surface area contributed by atoms with Crippen molar-refractivity contribution in [1.29, 1.82) is 0 Å². The Hall–Kier alpha value is -2.88. The maximum absolute atomic E-state index is 14.0. The van der Waals surface area contributed by atoms with Crippen LogP contribution in [-0.4, -0.2) is 31.5 Å². The Labute approximate surface area is 146 Å². The minimum Gasteiger partial charge on any atom is -0.378 e. The van der Waals surface area contributed by atoms with Gasteiger partial charge in [-0.1, -0.05) is 13.0 Å². The van der Waals surface area contributed by atoms with Crippen molar-refractivity contribution in [2.75, 3.05) is 7.11 Å². The van der Waals surface area contributed by atoms with Crippen LogP contribution in [0, 0.1) is 0 Å². The number of pyridine rings is 1. The Morgan fingerprint density at radius 3 is 2.69 bits per heavy atom. The van der Waals surface area contributed by atoms with E-state index in [1.807, 2.05) is 0 Å². The van der Waals surface area contributed by atoms with Gasteiger partial charge in [0, 0.05) is 26.1 Å². The lowest BCUT2D eigenvalue weighted by Gasteiger charge is -2.16. The quantitative estimate of drug-likeness (QED) is 0.691. The number of ether oxygens (including phenoxy) is 1. The molecule has 3 aromatic heterocycles. The smallest absolute Gasteiger partial charge is 0.313 e. The molecule has 0 bridgehead atoms. The van der Waals surface area contributed by atoms with Crippen molar-refractivity contribution in [3.8, 4) is 11.1 Å². The van der Waals surface area contributed by atoms with Gasteiger partial charge in [0.05, 0.1) is 17.9 Å². The number of H-pyrrole nitrogens is 1. The lowest BCUT2D eigenvalue weighted by molar-refractivity contribution is -0.0132. The largest absolute Gasteiger partial charge is 0.378 e. The molecule has 1 N–H and O–H groups in total. The number of rotatable bonds is 5. The van der Waals surface area contributed by atoms with Crippen LogP contribution in [0.3, 0.4) is 0 Å². The van der Waals surface area contributed by atoms with Gasteiger partial charge in [-0.2, -0.15) is 13.9 Å². The molecule has 3 rings (SSSR count). The third-order valence-electron chi connectivity index (χ3n) is 4.19. The summed E-state index contributed by atoms with van der Waals surface area (Å²) in [5.41, 5.74) is -1.33. The third-order valence-corrected chi connectivity index (χ3v) is 4.19. The number of hydrogen-bond acceptors (Lipinski definition) is 5. The predicted molar refractivity (Wildman–Crippen MR) is 89.2 cm³/mol. The summed E-state index contributed by atoms with van der Waals surface area (Å²) < 4.78 is 35.5. The summed E-state index contributed by atoms with van der Waals surface area (Å²) in [6.45, 7) is 1.25. The zero-order chi connectivity index (χ0) is 19.1. The van der Waals surface area contributed by atoms with E-state index in [-0.39, 0.29) is 29.1 Å². The molecule has 0 aromatic carbocycles. The van der Waals surface area contributed by atoms with E-state index in [2.05, 4.69) is 15.2 Å². The highest BCUT2D eigenvalue weighted by Crippen LogP contribution is 2.32. The van der Waals surface area contributed by atoms with Crippen molar-refractivity contribution < 1.29 is 13.5 Å². The Morgan fingerprint density at radius 2 is 2.04 bits per heavy atom. The van der Waals surface area contributed by atoms with Crippen LogP contribution in [0.25, 0.3) is 16.8 Å². The maximum Gasteiger partial charge on any atom is 0.313 e. The van der Waals surface area contributed by atoms with Gasteiger partial charge in [-0.3, -0.25) is 14.7 Å². The first kappa shape index (κ1) is 17.9. The maximum atomic E-state index is 14.0. The minimum atomic E-state index is -3.10. The second-order valence-electron chi connectivity index (χ2n) is 5.76. The summed E-state index contributed by atoms with van der Waals surface area (Å²) in [6.07, 6.45) is 0.924. The molecular formula is C16H17F2N5O3. The molecule has 0 fully saturated rings. The summed E-state index contributed by atoms with van der Waals surface area (Å²) in [6, 6.07) is 2.51. The fourth-order valence-electron chi connectivity index (χ4n) is 2.72. The van der Waals surface area contributed by atoms with Crippen LogP contribution >= 0.6 is 0 Å². The van der Waals surface area contributed by atoms with Gasteiger partial charge in [0.1, 0.15) is 12.0 Å². The number of methoxy groups -OCH3 is 1. The van der Waals surface area contributed by atoms with E-state index >= 15 is 0 Å². The van der Waals surface area contributed by atoms with Crippen LogP contribution in [0.4, 0.5) is 8.78 Å². The van der Waals surface area contributed by atoms with Crippen molar-refractivity contribution in [2.45, 2.75) is 25.9 Å². The highest BCUT2D eigenvalue weighted by molar-refractivity contribution is 5.78. The summed E-state index contributed by atoms with van der Waals surface area (Å²) in [7, 11) is 2.81. The molecule has 0 radical (unpaired) electrons. The fourth-order valence-corrected chi connectivity index (χ4v) is 2.72. The first-order valence-corrected chi connectivity index (χ1v) is 7.84. The van der Waals surface area contributed by atoms with Gasteiger partial charge < -0.3 is 4.74 Å². The van der Waals surface area contributed by atoms with Crippen LogP contribution in [-0.2, 0) is 24.3 Å². The number of hydrogen-bond donors (Lipinski definition) is 1. The average Bonchev–Trinajstić information content (AvgIpc) is 3.10. The molecule has 0 aliphatic heterocycles. The highest BCUT2D eigenvalue weighted by Gasteiger charge is 2.32. The average molecular weight is 365 g/mol. The SMILES string of the molecule is CCC(F)(F)c1ccc(-c2c(=O)c(=O)n(C)n3cn[nH]c23)c(COC)n1. The standard InChI is InChI=1S/C16H17F2N5O3/c1-4-16(17,18)11-6-5-9(10(20-11)7-26-3)12-13(24)15(25)22(2)23-8-19-21-14(12)23/h5-6,8,21H,4,7H2,1-3H3. The van der Waals surface area contributed by atoms with E-state index in [0.29, 0.717) is 0 Å². The molecule has 10 heteroatoms. The monoisotopic (exact) mass is 365 g/mol. The number of nitrogens with one attached hydrogen (secondary N) is 1. The van der Waals surface area contributed by atoms with Gasteiger partial charge in [-0.05, 0) is 6.07 Å². The zero-order valence-electron chi connectivity index (χ0n) is 14.4. The number of aryl methyl sites for hydroxylation is 1. The number of fused-ring (bicyclic) bond motifs is 1. The minimum absolute atomic E-state index is 0.0107. The van der Waals surface area contributed by atoms with E-state index in [1.54, 1.807) is 0 Å². The molecule has 8 nitrogen and oxygen atoms in total. The van der Waals surface area contributed by atoms with Crippen LogP contribution in [0.2, 0.25) is 0 Å². The van der Waals surface area contributed by atoms with Crippen molar-refractivity contribution in [3.05, 3.63) is 50.4 Å². The Morgan fingerprint density at radius 1 is 1.31 bits per heavy atom. The van der Waals surface area contributed by atoms with Gasteiger partial charge >= 0.3 is 5.56 Å². The number of aromatic amines is 1. The van der Waals surface area contributed by atoms with Crippen molar-refractivity contribution in [2.24, 2.45) is 7.05 Å². The molecule has 3 heterocycles. The van der Waals surface area contributed by atoms with Gasteiger partial charge in [0.2, 0.25) is 0 Å². The molecule has 0 atom stereocenters. The zero-order valence-corrected chi connectivity index (χ0v) is 14.4. The van der Waals surface area contributed by atoms with E-state index in [0.717, 1.165) is 10.7 Å². The summed E-state index contributed by atoms with van der Waals surface area (Å²) in [4.78, 5) is 28.8. The van der Waals surface area contributed by atoms with Gasteiger partial charge in [-0.15, -0.1) is 0 Å². The van der Waals surface area contributed by atoms with Crippen molar-refractivity contribution in [1.82, 2.24) is 24.4 Å². The summed E-state index contributed by atoms with van der Waals surface area (Å²) >= 11 is 0. The third kappa shape index (κ3) is 2.71. The first-order chi connectivity index (χ1) is 12.3. The van der Waals surface area contributed by atoms with Crippen LogP contribution < -0.4 is 11.0 Å².